The zero-order chi connectivity index (χ0) is 17.5. The number of carboxylic acid groups (broad SMARTS) is 3. The average Bonchev–Trinajstić information content (AvgIpc) is 2.42. The van der Waals surface area contributed by atoms with E-state index in [4.69, 9.17) is 15.3 Å². The van der Waals surface area contributed by atoms with Crippen molar-refractivity contribution in [3.05, 3.63) is 23.8 Å². The predicted molar refractivity (Wildman–Crippen MR) is 83.8 cm³/mol. The van der Waals surface area contributed by atoms with Crippen molar-refractivity contribution < 1.29 is 29.7 Å². The van der Waals surface area contributed by atoms with Gasteiger partial charge in [0.25, 0.3) is 0 Å². The molecule has 6 nitrogen and oxygen atoms in total. The summed E-state index contributed by atoms with van der Waals surface area (Å²) in [6, 6.07) is 0. The van der Waals surface area contributed by atoms with E-state index in [1.54, 1.807) is 0 Å². The second-order valence-corrected chi connectivity index (χ2v) is 4.66. The molecule has 0 aromatic heterocycles. The number of aliphatic carboxylic acids is 3. The van der Waals surface area contributed by atoms with Gasteiger partial charge in [0.2, 0.25) is 0 Å². The minimum atomic E-state index is -1.10. The summed E-state index contributed by atoms with van der Waals surface area (Å²) in [5.41, 5.74) is 0.144. The molecular weight excluding hydrogens is 288 g/mol. The second-order valence-electron chi connectivity index (χ2n) is 4.66. The zero-order valence-electron chi connectivity index (χ0n) is 13.3. The number of hydrogen-bond acceptors (Lipinski definition) is 3. The Hall–Kier alpha value is -2.11. The first-order chi connectivity index (χ1) is 10.3. The van der Waals surface area contributed by atoms with Crippen LogP contribution >= 0.6 is 0 Å². The average molecular weight is 314 g/mol. The van der Waals surface area contributed by atoms with Crippen molar-refractivity contribution >= 4 is 17.9 Å². The number of hydrogen-bond donors (Lipinski definition) is 3. The summed E-state index contributed by atoms with van der Waals surface area (Å²) in [4.78, 5) is 31.5. The van der Waals surface area contributed by atoms with E-state index in [1.165, 1.54) is 6.08 Å². The van der Waals surface area contributed by atoms with Crippen LogP contribution in [0.2, 0.25) is 0 Å². The van der Waals surface area contributed by atoms with Crippen LogP contribution in [0.5, 0.6) is 0 Å². The van der Waals surface area contributed by atoms with E-state index in [0.717, 1.165) is 12.8 Å². The quantitative estimate of drug-likeness (QED) is 0.420. The van der Waals surface area contributed by atoms with E-state index in [9.17, 15) is 14.4 Å². The van der Waals surface area contributed by atoms with Crippen LogP contribution < -0.4 is 0 Å². The van der Waals surface area contributed by atoms with Crippen molar-refractivity contribution in [1.82, 2.24) is 0 Å². The normalized spacial score (nSPS) is 10.8. The van der Waals surface area contributed by atoms with Crippen LogP contribution in [0.15, 0.2) is 23.8 Å². The molecule has 6 heteroatoms. The van der Waals surface area contributed by atoms with Crippen molar-refractivity contribution in [2.24, 2.45) is 0 Å². The molecule has 0 aliphatic rings. The Morgan fingerprint density at radius 1 is 0.864 bits per heavy atom. The highest BCUT2D eigenvalue weighted by atomic mass is 16.4. The highest BCUT2D eigenvalue weighted by Crippen LogP contribution is 2.18. The van der Waals surface area contributed by atoms with Gasteiger partial charge < -0.3 is 15.3 Å². The molecule has 0 amide bonds. The first kappa shape index (κ1) is 22.2. The summed E-state index contributed by atoms with van der Waals surface area (Å²) in [5.74, 6) is -3.02. The fraction of sp³-hybridized carbons (Fsp3) is 0.562. The van der Waals surface area contributed by atoms with E-state index >= 15 is 0 Å². The van der Waals surface area contributed by atoms with Gasteiger partial charge in [-0.15, -0.1) is 6.58 Å². The van der Waals surface area contributed by atoms with Gasteiger partial charge in [-0.2, -0.15) is 0 Å². The van der Waals surface area contributed by atoms with Gasteiger partial charge in [-0.1, -0.05) is 32.8 Å². The van der Waals surface area contributed by atoms with Crippen molar-refractivity contribution in [1.29, 1.82) is 0 Å². The standard InChI is InChI=1S/C12H20O4.C4H6O2/c1-3-5-7-9(11(13)14)10(12(15)16)8-6-4-2;1-2-3-4(5)6/h3-8H2,1-2H3,(H,13,14)(H,15,16);2H,1,3H2,(H,5,6)/b10-9-;. The minimum absolute atomic E-state index is 0.0556. The minimum Gasteiger partial charge on any atom is -0.481 e. The van der Waals surface area contributed by atoms with Crippen molar-refractivity contribution in [2.75, 3.05) is 0 Å². The van der Waals surface area contributed by atoms with E-state index in [1.807, 2.05) is 13.8 Å². The van der Waals surface area contributed by atoms with Crippen molar-refractivity contribution in [3.8, 4) is 0 Å². The first-order valence-corrected chi connectivity index (χ1v) is 7.32. The van der Waals surface area contributed by atoms with E-state index in [2.05, 4.69) is 6.58 Å². The summed E-state index contributed by atoms with van der Waals surface area (Å²) in [7, 11) is 0. The molecule has 0 saturated heterocycles. The third kappa shape index (κ3) is 11.7. The van der Waals surface area contributed by atoms with Gasteiger partial charge in [0, 0.05) is 11.1 Å². The molecule has 0 bridgehead atoms. The van der Waals surface area contributed by atoms with E-state index in [0.29, 0.717) is 25.7 Å². The Morgan fingerprint density at radius 3 is 1.36 bits per heavy atom. The fourth-order valence-electron chi connectivity index (χ4n) is 1.60. The second kappa shape index (κ2) is 13.9. The summed E-state index contributed by atoms with van der Waals surface area (Å²) in [6.07, 6.45) is 5.24. The number of carbonyl (C=O) groups is 3. The fourth-order valence-corrected chi connectivity index (χ4v) is 1.60. The van der Waals surface area contributed by atoms with Gasteiger partial charge in [-0.05, 0) is 25.7 Å². The monoisotopic (exact) mass is 314 g/mol. The maximum absolute atomic E-state index is 11.0. The highest BCUT2D eigenvalue weighted by Gasteiger charge is 2.18. The number of carboxylic acids is 3. The summed E-state index contributed by atoms with van der Waals surface area (Å²) < 4.78 is 0. The van der Waals surface area contributed by atoms with Crippen LogP contribution in [0.3, 0.4) is 0 Å². The SMILES string of the molecule is C=CCC(=O)O.CCCC/C(C(=O)O)=C(\CCCC)C(=O)O. The Labute approximate surface area is 131 Å². The third-order valence-corrected chi connectivity index (χ3v) is 2.76. The maximum atomic E-state index is 11.0. The smallest absolute Gasteiger partial charge is 0.332 e. The highest BCUT2D eigenvalue weighted by molar-refractivity contribution is 5.98. The topological polar surface area (TPSA) is 112 Å². The Balaban J connectivity index is 0. The molecule has 0 aliphatic heterocycles. The maximum Gasteiger partial charge on any atom is 0.332 e. The van der Waals surface area contributed by atoms with Gasteiger partial charge in [0.05, 0.1) is 6.42 Å². The van der Waals surface area contributed by atoms with Gasteiger partial charge >= 0.3 is 17.9 Å². The first-order valence-electron chi connectivity index (χ1n) is 7.32. The molecule has 22 heavy (non-hydrogen) atoms. The Bertz CT molecular complexity index is 381. The van der Waals surface area contributed by atoms with E-state index in [-0.39, 0.29) is 17.6 Å². The van der Waals surface area contributed by atoms with Crippen molar-refractivity contribution in [3.63, 3.8) is 0 Å². The molecule has 0 rings (SSSR count). The van der Waals surface area contributed by atoms with Crippen LogP contribution in [0.25, 0.3) is 0 Å². The Morgan fingerprint density at radius 2 is 1.23 bits per heavy atom. The molecule has 0 aromatic carbocycles. The predicted octanol–water partition coefficient (Wildman–Crippen LogP) is 3.48. The molecule has 0 aromatic rings. The molecule has 0 aliphatic carbocycles. The molecular formula is C16H26O6. The summed E-state index contributed by atoms with van der Waals surface area (Å²) >= 11 is 0. The lowest BCUT2D eigenvalue weighted by atomic mass is 9.98. The molecule has 0 heterocycles. The lowest BCUT2D eigenvalue weighted by Gasteiger charge is -2.08. The lowest BCUT2D eigenvalue weighted by molar-refractivity contribution is -0.136. The van der Waals surface area contributed by atoms with Gasteiger partial charge in [-0.3, -0.25) is 4.79 Å². The molecule has 0 atom stereocenters. The van der Waals surface area contributed by atoms with Crippen LogP contribution in [-0.2, 0) is 14.4 Å². The van der Waals surface area contributed by atoms with Crippen LogP contribution in [0.4, 0.5) is 0 Å². The number of rotatable bonds is 10. The van der Waals surface area contributed by atoms with Gasteiger partial charge in [0.1, 0.15) is 0 Å². The van der Waals surface area contributed by atoms with Crippen molar-refractivity contribution in [2.45, 2.75) is 58.8 Å². The molecule has 126 valence electrons. The van der Waals surface area contributed by atoms with Crippen LogP contribution in [0, 0.1) is 0 Å². The Kier molecular flexibility index (Phi) is 14.0. The van der Waals surface area contributed by atoms with E-state index < -0.39 is 17.9 Å². The number of unbranched alkanes of at least 4 members (excludes halogenated alkanes) is 2. The largest absolute Gasteiger partial charge is 0.481 e. The van der Waals surface area contributed by atoms with Crippen LogP contribution in [0.1, 0.15) is 58.8 Å². The molecule has 0 fully saturated rings. The summed E-state index contributed by atoms with van der Waals surface area (Å²) in [6.45, 7) is 7.12. The molecule has 0 spiro atoms. The molecule has 3 N–H and O–H groups in total. The molecule has 0 unspecified atom stereocenters. The lowest BCUT2D eigenvalue weighted by Crippen LogP contribution is -2.11. The van der Waals surface area contributed by atoms with Gasteiger partial charge in [0.15, 0.2) is 0 Å². The zero-order valence-corrected chi connectivity index (χ0v) is 13.3. The third-order valence-electron chi connectivity index (χ3n) is 2.76. The molecule has 0 saturated carbocycles. The van der Waals surface area contributed by atoms with Gasteiger partial charge in [-0.25, -0.2) is 9.59 Å². The molecule has 0 radical (unpaired) electrons. The van der Waals surface area contributed by atoms with Crippen LogP contribution in [-0.4, -0.2) is 33.2 Å². The summed E-state index contributed by atoms with van der Waals surface area (Å²) in [5, 5.41) is 25.8.